The van der Waals surface area contributed by atoms with E-state index in [0.29, 0.717) is 26.3 Å². The number of hydrogen-bond acceptors (Lipinski definition) is 4. The summed E-state index contributed by atoms with van der Waals surface area (Å²) in [4.78, 5) is 20.6. The van der Waals surface area contributed by atoms with E-state index in [-0.39, 0.29) is 18.6 Å². The van der Waals surface area contributed by atoms with Crippen LogP contribution >= 0.6 is 0 Å². The van der Waals surface area contributed by atoms with Crippen molar-refractivity contribution < 1.29 is 14.6 Å². The number of fused-ring (bicyclic) bond motifs is 1. The van der Waals surface area contributed by atoms with E-state index in [1.165, 1.54) is 5.69 Å². The summed E-state index contributed by atoms with van der Waals surface area (Å²) >= 11 is 0. The maximum Gasteiger partial charge on any atom is 0.254 e. The van der Waals surface area contributed by atoms with E-state index in [1.54, 1.807) is 0 Å². The smallest absolute Gasteiger partial charge is 0.254 e. The van der Waals surface area contributed by atoms with Gasteiger partial charge in [-0.3, -0.25) is 9.69 Å². The number of ether oxygens (including phenoxy) is 1. The standard InChI is InChI=1S/C25H29N3O3/c29-17-23-5-2-8-28(23)16-22-15-21-14-19(6-7-24(21)26-22)18-3-1-4-20(13-18)25(30)27-9-11-31-12-10-27/h1,3-4,6-7,13-15,23,26,29H,2,5,8-12,16-17H2/t23-/m1/s1. The van der Waals surface area contributed by atoms with Gasteiger partial charge in [0.1, 0.15) is 0 Å². The van der Waals surface area contributed by atoms with E-state index >= 15 is 0 Å². The molecule has 2 aliphatic heterocycles. The summed E-state index contributed by atoms with van der Waals surface area (Å²) in [5.41, 5.74) is 5.15. The van der Waals surface area contributed by atoms with Gasteiger partial charge in [0, 0.05) is 47.8 Å². The second-order valence-electron chi connectivity index (χ2n) is 8.53. The quantitative estimate of drug-likeness (QED) is 0.666. The number of hydrogen-bond donors (Lipinski definition) is 2. The third-order valence-electron chi connectivity index (χ3n) is 6.50. The number of carbonyl (C=O) groups is 1. The van der Waals surface area contributed by atoms with Crippen LogP contribution in [0, 0.1) is 0 Å². The lowest BCUT2D eigenvalue weighted by Gasteiger charge is -2.27. The van der Waals surface area contributed by atoms with Crippen molar-refractivity contribution >= 4 is 16.8 Å². The highest BCUT2D eigenvalue weighted by molar-refractivity contribution is 5.96. The van der Waals surface area contributed by atoms with Crippen LogP contribution in [0.25, 0.3) is 22.0 Å². The van der Waals surface area contributed by atoms with Gasteiger partial charge in [0.05, 0.1) is 19.8 Å². The first-order valence-corrected chi connectivity index (χ1v) is 11.2. The molecule has 0 bridgehead atoms. The van der Waals surface area contributed by atoms with Crippen LogP contribution in [0.15, 0.2) is 48.5 Å². The molecule has 31 heavy (non-hydrogen) atoms. The van der Waals surface area contributed by atoms with E-state index in [4.69, 9.17) is 4.74 Å². The first-order chi connectivity index (χ1) is 15.2. The van der Waals surface area contributed by atoms with Crippen LogP contribution in [0.1, 0.15) is 28.9 Å². The predicted octanol–water partition coefficient (Wildman–Crippen LogP) is 3.26. The molecule has 162 valence electrons. The normalized spacial score (nSPS) is 19.9. The van der Waals surface area contributed by atoms with Gasteiger partial charge in [-0.15, -0.1) is 0 Å². The molecule has 1 amide bonds. The van der Waals surface area contributed by atoms with E-state index in [0.717, 1.165) is 53.5 Å². The van der Waals surface area contributed by atoms with E-state index < -0.39 is 0 Å². The Morgan fingerprint density at radius 3 is 2.74 bits per heavy atom. The summed E-state index contributed by atoms with van der Waals surface area (Å²) in [5, 5.41) is 10.7. The second kappa shape index (κ2) is 8.83. The highest BCUT2D eigenvalue weighted by Gasteiger charge is 2.24. The fourth-order valence-electron chi connectivity index (χ4n) is 4.77. The van der Waals surface area contributed by atoms with Crippen molar-refractivity contribution in [3.63, 3.8) is 0 Å². The molecule has 0 saturated carbocycles. The largest absolute Gasteiger partial charge is 0.395 e. The van der Waals surface area contributed by atoms with Gasteiger partial charge in [-0.05, 0) is 60.8 Å². The van der Waals surface area contributed by atoms with Gasteiger partial charge in [-0.2, -0.15) is 0 Å². The van der Waals surface area contributed by atoms with Gasteiger partial charge in [0.15, 0.2) is 0 Å². The average Bonchev–Trinajstić information content (AvgIpc) is 3.44. The zero-order chi connectivity index (χ0) is 21.2. The van der Waals surface area contributed by atoms with Crippen LogP contribution < -0.4 is 0 Å². The molecule has 0 aliphatic carbocycles. The SMILES string of the molecule is O=C(c1cccc(-c2ccc3[nH]c(CN4CCC[C@@H]4CO)cc3c2)c1)N1CCOCC1. The molecule has 0 radical (unpaired) electrons. The fraction of sp³-hybridized carbons (Fsp3) is 0.400. The van der Waals surface area contributed by atoms with Crippen molar-refractivity contribution in [3.05, 3.63) is 59.8 Å². The zero-order valence-electron chi connectivity index (χ0n) is 17.7. The number of amides is 1. The molecule has 3 aromatic rings. The van der Waals surface area contributed by atoms with Crippen molar-refractivity contribution in [3.8, 4) is 11.1 Å². The number of carbonyl (C=O) groups excluding carboxylic acids is 1. The number of nitrogens with one attached hydrogen (secondary N) is 1. The number of aliphatic hydroxyl groups is 1. The number of aliphatic hydroxyl groups excluding tert-OH is 1. The molecule has 2 N–H and O–H groups in total. The summed E-state index contributed by atoms with van der Waals surface area (Å²) < 4.78 is 5.36. The fourth-order valence-corrected chi connectivity index (χ4v) is 4.77. The lowest BCUT2D eigenvalue weighted by Crippen LogP contribution is -2.40. The van der Waals surface area contributed by atoms with Crippen LogP contribution in [0.3, 0.4) is 0 Å². The summed E-state index contributed by atoms with van der Waals surface area (Å²) in [6.07, 6.45) is 2.22. The van der Waals surface area contributed by atoms with Gasteiger partial charge in [0.25, 0.3) is 5.91 Å². The molecule has 0 unspecified atom stereocenters. The Kier molecular flexibility index (Phi) is 5.76. The van der Waals surface area contributed by atoms with Crippen LogP contribution in [0.5, 0.6) is 0 Å². The molecule has 2 aliphatic rings. The topological polar surface area (TPSA) is 68.8 Å². The first kappa shape index (κ1) is 20.2. The van der Waals surface area contributed by atoms with Gasteiger partial charge in [-0.25, -0.2) is 0 Å². The number of benzene rings is 2. The number of likely N-dealkylation sites (tertiary alicyclic amines) is 1. The minimum Gasteiger partial charge on any atom is -0.395 e. The average molecular weight is 420 g/mol. The third-order valence-corrected chi connectivity index (χ3v) is 6.50. The molecular weight excluding hydrogens is 390 g/mol. The van der Waals surface area contributed by atoms with Crippen LogP contribution in [-0.2, 0) is 11.3 Å². The highest BCUT2D eigenvalue weighted by atomic mass is 16.5. The molecule has 2 saturated heterocycles. The van der Waals surface area contributed by atoms with Gasteiger partial charge in [0.2, 0.25) is 0 Å². The maximum absolute atomic E-state index is 12.9. The molecule has 0 spiro atoms. The van der Waals surface area contributed by atoms with Gasteiger partial charge >= 0.3 is 0 Å². The summed E-state index contributed by atoms with van der Waals surface area (Å²) in [6, 6.07) is 16.8. The predicted molar refractivity (Wildman–Crippen MR) is 121 cm³/mol. The Labute approximate surface area is 182 Å². The molecule has 1 atom stereocenters. The van der Waals surface area contributed by atoms with Crippen molar-refractivity contribution in [2.45, 2.75) is 25.4 Å². The molecule has 5 rings (SSSR count). The molecule has 1 aromatic heterocycles. The maximum atomic E-state index is 12.9. The van der Waals surface area contributed by atoms with E-state index in [2.05, 4.69) is 40.2 Å². The Hall–Kier alpha value is -2.67. The number of nitrogens with zero attached hydrogens (tertiary/aromatic N) is 2. The number of morpholine rings is 1. The summed E-state index contributed by atoms with van der Waals surface area (Å²) in [6.45, 7) is 4.60. The number of aromatic amines is 1. The lowest BCUT2D eigenvalue weighted by molar-refractivity contribution is 0.0303. The zero-order valence-corrected chi connectivity index (χ0v) is 17.7. The molecule has 2 aromatic carbocycles. The Bertz CT molecular complexity index is 1070. The molecule has 6 heteroatoms. The summed E-state index contributed by atoms with van der Waals surface area (Å²) in [7, 11) is 0. The molecular formula is C25H29N3O3. The van der Waals surface area contributed by atoms with Crippen molar-refractivity contribution in [2.24, 2.45) is 0 Å². The summed E-state index contributed by atoms with van der Waals surface area (Å²) in [5.74, 6) is 0.0687. The first-order valence-electron chi connectivity index (χ1n) is 11.2. The van der Waals surface area contributed by atoms with Gasteiger partial charge < -0.3 is 19.7 Å². The molecule has 3 heterocycles. The lowest BCUT2D eigenvalue weighted by atomic mass is 10.0. The Balaban J connectivity index is 1.37. The number of aromatic nitrogens is 1. The Morgan fingerprint density at radius 1 is 1.06 bits per heavy atom. The monoisotopic (exact) mass is 419 g/mol. The van der Waals surface area contributed by atoms with Crippen LogP contribution in [0.2, 0.25) is 0 Å². The minimum absolute atomic E-state index is 0.0687. The van der Waals surface area contributed by atoms with Crippen molar-refractivity contribution in [1.82, 2.24) is 14.8 Å². The van der Waals surface area contributed by atoms with E-state index in [9.17, 15) is 9.90 Å². The van der Waals surface area contributed by atoms with Gasteiger partial charge in [-0.1, -0.05) is 18.2 Å². The van der Waals surface area contributed by atoms with Crippen LogP contribution in [0.4, 0.5) is 0 Å². The minimum atomic E-state index is 0.0687. The molecule has 6 nitrogen and oxygen atoms in total. The Morgan fingerprint density at radius 2 is 1.90 bits per heavy atom. The number of rotatable bonds is 5. The van der Waals surface area contributed by atoms with E-state index in [1.807, 2.05) is 23.1 Å². The number of H-pyrrole nitrogens is 1. The molecule has 2 fully saturated rings. The highest BCUT2D eigenvalue weighted by Crippen LogP contribution is 2.27. The second-order valence-corrected chi connectivity index (χ2v) is 8.53. The van der Waals surface area contributed by atoms with Crippen LogP contribution in [-0.4, -0.2) is 71.3 Å². The van der Waals surface area contributed by atoms with Crippen molar-refractivity contribution in [1.29, 1.82) is 0 Å². The third kappa shape index (κ3) is 4.24. The van der Waals surface area contributed by atoms with Crippen molar-refractivity contribution in [2.75, 3.05) is 39.5 Å².